The van der Waals surface area contributed by atoms with Gasteiger partial charge in [-0.1, -0.05) is 30.3 Å². The molecule has 1 fully saturated rings. The van der Waals surface area contributed by atoms with Crippen molar-refractivity contribution in [2.45, 2.75) is 19.1 Å². The first kappa shape index (κ1) is 5.93. The standard InChI is InChI=1S/C9H10O/c1-7-9(10-7)8-5-3-2-4-6-8/h2-7,9H,1H3/t7-,9-/m1/s1. The first-order chi connectivity index (χ1) is 4.88. The van der Waals surface area contributed by atoms with Crippen LogP contribution in [0.3, 0.4) is 0 Å². The van der Waals surface area contributed by atoms with E-state index in [2.05, 4.69) is 19.1 Å². The van der Waals surface area contributed by atoms with Crippen molar-refractivity contribution in [3.63, 3.8) is 0 Å². The van der Waals surface area contributed by atoms with Crippen molar-refractivity contribution in [2.24, 2.45) is 0 Å². The summed E-state index contributed by atoms with van der Waals surface area (Å²) in [6.45, 7) is 2.09. The lowest BCUT2D eigenvalue weighted by atomic mass is 10.1. The van der Waals surface area contributed by atoms with Crippen molar-refractivity contribution >= 4 is 0 Å². The Hall–Kier alpha value is -0.820. The largest absolute Gasteiger partial charge is 0.365 e. The second-order valence-electron chi connectivity index (χ2n) is 2.67. The molecular weight excluding hydrogens is 124 g/mol. The molecule has 1 heteroatoms. The average Bonchev–Trinajstić information content (AvgIpc) is 2.69. The van der Waals surface area contributed by atoms with Crippen LogP contribution in [0.25, 0.3) is 0 Å². The second-order valence-corrected chi connectivity index (χ2v) is 2.67. The van der Waals surface area contributed by atoms with Crippen LogP contribution in [0.2, 0.25) is 0 Å². The molecule has 0 spiro atoms. The van der Waals surface area contributed by atoms with E-state index < -0.39 is 0 Å². The van der Waals surface area contributed by atoms with Crippen LogP contribution in [0, 0.1) is 0 Å². The Morgan fingerprint density at radius 1 is 1.20 bits per heavy atom. The zero-order chi connectivity index (χ0) is 6.97. The molecule has 0 amide bonds. The van der Waals surface area contributed by atoms with Gasteiger partial charge < -0.3 is 4.74 Å². The molecule has 52 valence electrons. The fourth-order valence-electron chi connectivity index (χ4n) is 1.18. The fraction of sp³-hybridized carbons (Fsp3) is 0.333. The first-order valence-corrected chi connectivity index (χ1v) is 3.58. The maximum Gasteiger partial charge on any atom is 0.109 e. The molecule has 1 aliphatic rings. The fourth-order valence-corrected chi connectivity index (χ4v) is 1.18. The zero-order valence-electron chi connectivity index (χ0n) is 5.95. The molecule has 1 aromatic rings. The maximum atomic E-state index is 5.30. The molecule has 0 bridgehead atoms. The van der Waals surface area contributed by atoms with Crippen molar-refractivity contribution < 1.29 is 4.74 Å². The van der Waals surface area contributed by atoms with E-state index in [1.807, 2.05) is 18.2 Å². The molecule has 10 heavy (non-hydrogen) atoms. The van der Waals surface area contributed by atoms with Gasteiger partial charge in [-0.25, -0.2) is 0 Å². The number of rotatable bonds is 1. The summed E-state index contributed by atoms with van der Waals surface area (Å²) in [6.07, 6.45) is 0.809. The summed E-state index contributed by atoms with van der Waals surface area (Å²) < 4.78 is 5.30. The molecule has 0 aliphatic carbocycles. The monoisotopic (exact) mass is 134 g/mol. The molecule has 1 nitrogen and oxygen atoms in total. The second kappa shape index (κ2) is 2.10. The lowest BCUT2D eigenvalue weighted by Gasteiger charge is -1.90. The third kappa shape index (κ3) is 0.929. The van der Waals surface area contributed by atoms with E-state index in [1.165, 1.54) is 5.56 Å². The van der Waals surface area contributed by atoms with E-state index >= 15 is 0 Å². The highest BCUT2D eigenvalue weighted by Gasteiger charge is 2.35. The van der Waals surface area contributed by atoms with Gasteiger partial charge in [0.1, 0.15) is 6.10 Å². The van der Waals surface area contributed by atoms with E-state index in [4.69, 9.17) is 4.74 Å². The van der Waals surface area contributed by atoms with Gasteiger partial charge in [-0.05, 0) is 12.5 Å². The van der Waals surface area contributed by atoms with Crippen molar-refractivity contribution in [3.8, 4) is 0 Å². The summed E-state index contributed by atoms with van der Waals surface area (Å²) >= 11 is 0. The van der Waals surface area contributed by atoms with Gasteiger partial charge in [0.05, 0.1) is 6.10 Å². The number of epoxide rings is 1. The quantitative estimate of drug-likeness (QED) is 0.536. The number of benzene rings is 1. The minimum Gasteiger partial charge on any atom is -0.365 e. The van der Waals surface area contributed by atoms with Gasteiger partial charge in [0.15, 0.2) is 0 Å². The number of ether oxygens (including phenoxy) is 1. The topological polar surface area (TPSA) is 12.5 Å². The molecule has 1 aromatic carbocycles. The molecule has 2 atom stereocenters. The van der Waals surface area contributed by atoms with Gasteiger partial charge in [0.2, 0.25) is 0 Å². The summed E-state index contributed by atoms with van der Waals surface area (Å²) in [4.78, 5) is 0. The molecule has 0 unspecified atom stereocenters. The summed E-state index contributed by atoms with van der Waals surface area (Å²) in [5.41, 5.74) is 1.30. The van der Waals surface area contributed by atoms with Gasteiger partial charge in [-0.2, -0.15) is 0 Å². The van der Waals surface area contributed by atoms with Crippen LogP contribution in [0.4, 0.5) is 0 Å². The van der Waals surface area contributed by atoms with E-state index in [0.717, 1.165) is 0 Å². The summed E-state index contributed by atoms with van der Waals surface area (Å²) in [6, 6.07) is 10.3. The Bertz CT molecular complexity index is 217. The first-order valence-electron chi connectivity index (χ1n) is 3.58. The van der Waals surface area contributed by atoms with E-state index in [1.54, 1.807) is 0 Å². The van der Waals surface area contributed by atoms with Crippen LogP contribution in [0.5, 0.6) is 0 Å². The molecule has 1 aliphatic heterocycles. The highest BCUT2D eigenvalue weighted by atomic mass is 16.6. The SMILES string of the molecule is C[C@H]1O[C@H]1c1ccccc1. The highest BCUT2D eigenvalue weighted by Crippen LogP contribution is 2.37. The highest BCUT2D eigenvalue weighted by molar-refractivity contribution is 5.21. The van der Waals surface area contributed by atoms with E-state index in [9.17, 15) is 0 Å². The smallest absolute Gasteiger partial charge is 0.109 e. The van der Waals surface area contributed by atoms with E-state index in [-0.39, 0.29) is 0 Å². The van der Waals surface area contributed by atoms with Gasteiger partial charge in [-0.3, -0.25) is 0 Å². The molecule has 1 heterocycles. The Labute approximate surface area is 60.6 Å². The van der Waals surface area contributed by atoms with Crippen LogP contribution in [0.15, 0.2) is 30.3 Å². The lowest BCUT2D eigenvalue weighted by molar-refractivity contribution is 0.383. The zero-order valence-corrected chi connectivity index (χ0v) is 5.95. The Morgan fingerprint density at radius 3 is 2.30 bits per heavy atom. The summed E-state index contributed by atoms with van der Waals surface area (Å²) in [7, 11) is 0. The van der Waals surface area contributed by atoms with Gasteiger partial charge in [0, 0.05) is 0 Å². The number of hydrogen-bond acceptors (Lipinski definition) is 1. The van der Waals surface area contributed by atoms with Gasteiger partial charge in [-0.15, -0.1) is 0 Å². The Morgan fingerprint density at radius 2 is 1.80 bits per heavy atom. The molecule has 1 saturated heterocycles. The Kier molecular flexibility index (Phi) is 1.24. The van der Waals surface area contributed by atoms with Gasteiger partial charge >= 0.3 is 0 Å². The van der Waals surface area contributed by atoms with Crippen molar-refractivity contribution in [1.82, 2.24) is 0 Å². The third-order valence-corrected chi connectivity index (χ3v) is 1.84. The van der Waals surface area contributed by atoms with Crippen LogP contribution in [-0.4, -0.2) is 6.10 Å². The van der Waals surface area contributed by atoms with Crippen LogP contribution < -0.4 is 0 Å². The van der Waals surface area contributed by atoms with Crippen molar-refractivity contribution in [3.05, 3.63) is 35.9 Å². The predicted octanol–water partition coefficient (Wildman–Crippen LogP) is 2.15. The summed E-state index contributed by atoms with van der Waals surface area (Å²) in [5, 5.41) is 0. The van der Waals surface area contributed by atoms with Crippen molar-refractivity contribution in [2.75, 3.05) is 0 Å². The predicted molar refractivity (Wildman–Crippen MR) is 39.7 cm³/mol. The normalized spacial score (nSPS) is 30.1. The number of hydrogen-bond donors (Lipinski definition) is 0. The molecule has 0 radical (unpaired) electrons. The summed E-state index contributed by atoms with van der Waals surface area (Å²) in [5.74, 6) is 0. The van der Waals surface area contributed by atoms with Crippen LogP contribution in [0.1, 0.15) is 18.6 Å². The average molecular weight is 134 g/mol. The molecule has 0 N–H and O–H groups in total. The van der Waals surface area contributed by atoms with Crippen LogP contribution >= 0.6 is 0 Å². The lowest BCUT2D eigenvalue weighted by Crippen LogP contribution is -1.80. The molecular formula is C9H10O. The molecule has 0 saturated carbocycles. The minimum atomic E-state index is 0.376. The molecule has 2 rings (SSSR count). The van der Waals surface area contributed by atoms with E-state index in [0.29, 0.717) is 12.2 Å². The minimum absolute atomic E-state index is 0.376. The van der Waals surface area contributed by atoms with Gasteiger partial charge in [0.25, 0.3) is 0 Å². The maximum absolute atomic E-state index is 5.30. The third-order valence-electron chi connectivity index (χ3n) is 1.84. The van der Waals surface area contributed by atoms with Crippen molar-refractivity contribution in [1.29, 1.82) is 0 Å². The molecule has 0 aromatic heterocycles. The van der Waals surface area contributed by atoms with Crippen LogP contribution in [-0.2, 0) is 4.74 Å². The Balaban J connectivity index is 2.20.